The van der Waals surface area contributed by atoms with Gasteiger partial charge in [-0.3, -0.25) is 14.4 Å². The molecule has 0 saturated carbocycles. The topological polar surface area (TPSA) is 142 Å². The van der Waals surface area contributed by atoms with Crippen LogP contribution < -0.4 is 16.4 Å². The summed E-state index contributed by atoms with van der Waals surface area (Å²) in [6, 6.07) is 39.1. The summed E-state index contributed by atoms with van der Waals surface area (Å²) in [6.07, 6.45) is 1.23. The Morgan fingerprint density at radius 1 is 0.692 bits per heavy atom. The van der Waals surface area contributed by atoms with Crippen LogP contribution in [-0.2, 0) is 46.6 Å². The number of fused-ring (bicyclic) bond motifs is 1. The number of amides is 3. The summed E-state index contributed by atoms with van der Waals surface area (Å²) < 4.78 is 0. The van der Waals surface area contributed by atoms with E-state index in [1.165, 1.54) is 4.90 Å². The second kappa shape index (κ2) is 16.8. The fourth-order valence-electron chi connectivity index (χ4n) is 6.57. The molecule has 1 unspecified atom stereocenters. The number of carboxylic acids is 1. The van der Waals surface area contributed by atoms with Crippen molar-refractivity contribution < 1.29 is 24.3 Å². The highest BCUT2D eigenvalue weighted by molar-refractivity contribution is 5.94. The summed E-state index contributed by atoms with van der Waals surface area (Å²) in [4.78, 5) is 54.0. The second-order valence-corrected chi connectivity index (χ2v) is 13.1. The monoisotopic (exact) mass is 694 g/mol. The van der Waals surface area contributed by atoms with Crippen molar-refractivity contribution >= 4 is 23.7 Å². The van der Waals surface area contributed by atoms with Crippen molar-refractivity contribution in [2.45, 2.75) is 50.4 Å². The number of hydrogen-bond acceptors (Lipinski definition) is 5. The van der Waals surface area contributed by atoms with E-state index in [1.54, 1.807) is 36.4 Å². The van der Waals surface area contributed by atoms with E-state index in [0.717, 1.165) is 38.9 Å². The molecule has 5 aromatic carbocycles. The number of benzene rings is 5. The van der Waals surface area contributed by atoms with Crippen LogP contribution >= 0.6 is 0 Å². The molecule has 9 heteroatoms. The van der Waals surface area contributed by atoms with Crippen molar-refractivity contribution in [1.29, 1.82) is 0 Å². The molecule has 0 aliphatic carbocycles. The summed E-state index contributed by atoms with van der Waals surface area (Å²) in [6.45, 7) is 0.658. The third kappa shape index (κ3) is 8.99. The third-order valence-corrected chi connectivity index (χ3v) is 9.48. The minimum absolute atomic E-state index is 0.107. The van der Waals surface area contributed by atoms with Gasteiger partial charge in [-0.25, -0.2) is 4.79 Å². The number of nitrogens with one attached hydrogen (secondary N) is 2. The lowest BCUT2D eigenvalue weighted by Gasteiger charge is -2.37. The first-order valence-electron chi connectivity index (χ1n) is 17.5. The van der Waals surface area contributed by atoms with E-state index in [2.05, 4.69) is 47.0 Å². The van der Waals surface area contributed by atoms with Gasteiger partial charge in [-0.1, -0.05) is 121 Å². The quantitative estimate of drug-likeness (QED) is 0.137. The van der Waals surface area contributed by atoms with E-state index in [-0.39, 0.29) is 31.7 Å². The summed E-state index contributed by atoms with van der Waals surface area (Å²) in [5.74, 6) is -2.31. The maximum Gasteiger partial charge on any atom is 0.326 e. The highest BCUT2D eigenvalue weighted by atomic mass is 16.4. The maximum atomic E-state index is 13.9. The van der Waals surface area contributed by atoms with Crippen molar-refractivity contribution in [1.82, 2.24) is 15.5 Å². The molecule has 0 fully saturated rings. The van der Waals surface area contributed by atoms with Crippen LogP contribution in [0, 0.1) is 0 Å². The number of hydrogen-bond donors (Lipinski definition) is 4. The van der Waals surface area contributed by atoms with Gasteiger partial charge in [0.2, 0.25) is 11.8 Å². The first-order chi connectivity index (χ1) is 25.2. The molecule has 0 aromatic heterocycles. The Labute approximate surface area is 303 Å². The Balaban J connectivity index is 1.05. The van der Waals surface area contributed by atoms with E-state index in [0.29, 0.717) is 18.5 Å². The molecule has 52 heavy (non-hydrogen) atoms. The van der Waals surface area contributed by atoms with Gasteiger partial charge in [0.05, 0.1) is 6.04 Å². The molecule has 0 radical (unpaired) electrons. The SMILES string of the molecule is N[C@@H](Cc1ccc(C(=O)NCCc2ccc(-c3ccccc3)cc2)cc1)C(=O)N1Cc2ccccc2CC1C(=O)N[C@@H](Cc1ccccc1)C(=O)O. The van der Waals surface area contributed by atoms with Gasteiger partial charge in [0.25, 0.3) is 5.91 Å². The smallest absolute Gasteiger partial charge is 0.326 e. The van der Waals surface area contributed by atoms with Crippen molar-refractivity contribution in [2.75, 3.05) is 6.54 Å². The minimum Gasteiger partial charge on any atom is -0.480 e. The van der Waals surface area contributed by atoms with Gasteiger partial charge in [0, 0.05) is 31.5 Å². The number of carbonyl (C=O) groups is 4. The van der Waals surface area contributed by atoms with E-state index in [9.17, 15) is 24.3 Å². The molecule has 0 saturated heterocycles. The molecule has 3 amide bonds. The van der Waals surface area contributed by atoms with Gasteiger partial charge < -0.3 is 26.4 Å². The Hall–Kier alpha value is -6.06. The van der Waals surface area contributed by atoms with Crippen LogP contribution in [0.5, 0.6) is 0 Å². The number of carboxylic acid groups (broad SMARTS) is 1. The van der Waals surface area contributed by atoms with Gasteiger partial charge >= 0.3 is 5.97 Å². The molecule has 0 spiro atoms. The van der Waals surface area contributed by atoms with Crippen LogP contribution in [0.15, 0.2) is 133 Å². The zero-order chi connectivity index (χ0) is 36.5. The summed E-state index contributed by atoms with van der Waals surface area (Å²) >= 11 is 0. The molecular formula is C43H42N4O5. The maximum absolute atomic E-state index is 13.9. The molecule has 1 heterocycles. The summed E-state index contributed by atoms with van der Waals surface area (Å²) in [7, 11) is 0. The van der Waals surface area contributed by atoms with E-state index < -0.39 is 35.9 Å². The zero-order valence-electron chi connectivity index (χ0n) is 28.8. The molecule has 1 aliphatic rings. The van der Waals surface area contributed by atoms with Gasteiger partial charge in [0.1, 0.15) is 12.1 Å². The van der Waals surface area contributed by atoms with Crippen molar-refractivity contribution in [3.63, 3.8) is 0 Å². The largest absolute Gasteiger partial charge is 0.480 e. The van der Waals surface area contributed by atoms with Gasteiger partial charge in [-0.05, 0) is 63.9 Å². The van der Waals surface area contributed by atoms with Crippen LogP contribution in [0.25, 0.3) is 11.1 Å². The standard InChI is InChI=1S/C43H42N4O5/c44-37(25-31-17-21-34(22-18-31)40(48)45-24-23-29-15-19-33(20-16-29)32-11-5-2-6-12-32)42(50)47-28-36-14-8-7-13-35(36)27-39(47)41(49)46-38(43(51)52)26-30-9-3-1-4-10-30/h1-22,37-39H,23-28,44H2,(H,45,48)(H,46,49)(H,51,52)/t37-,38-,39?/m0/s1. The average molecular weight is 695 g/mol. The first kappa shape index (κ1) is 35.8. The van der Waals surface area contributed by atoms with Gasteiger partial charge in [-0.2, -0.15) is 0 Å². The number of rotatable bonds is 13. The number of nitrogens with two attached hydrogens (primary N) is 1. The lowest BCUT2D eigenvalue weighted by molar-refractivity contribution is -0.146. The zero-order valence-corrected chi connectivity index (χ0v) is 28.8. The number of nitrogens with zero attached hydrogens (tertiary/aromatic N) is 1. The fraction of sp³-hybridized carbons (Fsp3) is 0.209. The lowest BCUT2D eigenvalue weighted by Crippen LogP contribution is -2.58. The molecular weight excluding hydrogens is 652 g/mol. The van der Waals surface area contributed by atoms with E-state index in [4.69, 9.17) is 5.73 Å². The third-order valence-electron chi connectivity index (χ3n) is 9.48. The lowest BCUT2D eigenvalue weighted by atomic mass is 9.92. The predicted octanol–water partition coefficient (Wildman–Crippen LogP) is 4.96. The average Bonchev–Trinajstić information content (AvgIpc) is 3.18. The summed E-state index contributed by atoms with van der Waals surface area (Å²) in [5, 5.41) is 15.6. The van der Waals surface area contributed by atoms with Crippen LogP contribution in [0.1, 0.15) is 38.2 Å². The van der Waals surface area contributed by atoms with Gasteiger partial charge in [0.15, 0.2) is 0 Å². The molecule has 5 aromatic rings. The molecule has 264 valence electrons. The van der Waals surface area contributed by atoms with E-state index >= 15 is 0 Å². The van der Waals surface area contributed by atoms with Crippen molar-refractivity contribution in [3.05, 3.63) is 167 Å². The first-order valence-corrected chi connectivity index (χ1v) is 17.5. The second-order valence-electron chi connectivity index (χ2n) is 13.1. The normalized spacial score (nSPS) is 14.8. The molecule has 5 N–H and O–H groups in total. The van der Waals surface area contributed by atoms with Crippen LogP contribution in [-0.4, -0.2) is 58.4 Å². The molecule has 3 atom stereocenters. The number of aliphatic carboxylic acids is 1. The predicted molar refractivity (Wildman–Crippen MR) is 200 cm³/mol. The minimum atomic E-state index is -1.17. The fourth-order valence-corrected chi connectivity index (χ4v) is 6.57. The highest BCUT2D eigenvalue weighted by Crippen LogP contribution is 2.25. The van der Waals surface area contributed by atoms with E-state index in [1.807, 2.05) is 60.7 Å². The van der Waals surface area contributed by atoms with Crippen molar-refractivity contribution in [2.24, 2.45) is 5.73 Å². The molecule has 0 bridgehead atoms. The molecule has 1 aliphatic heterocycles. The Bertz CT molecular complexity index is 2000. The Morgan fingerprint density at radius 2 is 1.27 bits per heavy atom. The van der Waals surface area contributed by atoms with Gasteiger partial charge in [-0.15, -0.1) is 0 Å². The van der Waals surface area contributed by atoms with Crippen LogP contribution in [0.3, 0.4) is 0 Å². The van der Waals surface area contributed by atoms with Crippen LogP contribution in [0.4, 0.5) is 0 Å². The van der Waals surface area contributed by atoms with Crippen molar-refractivity contribution in [3.8, 4) is 11.1 Å². The summed E-state index contributed by atoms with van der Waals surface area (Å²) in [5.41, 5.74) is 13.8. The molecule has 9 nitrogen and oxygen atoms in total. The Morgan fingerprint density at radius 3 is 1.94 bits per heavy atom. The molecule has 6 rings (SSSR count). The Kier molecular flexibility index (Phi) is 11.5. The highest BCUT2D eigenvalue weighted by Gasteiger charge is 2.38. The van der Waals surface area contributed by atoms with Crippen LogP contribution in [0.2, 0.25) is 0 Å². The number of carbonyl (C=O) groups excluding carboxylic acids is 3.